The normalized spacial score (nSPS) is 11.3. The van der Waals surface area contributed by atoms with Gasteiger partial charge in [0.05, 0.1) is 11.3 Å². The largest absolute Gasteiger partial charge is 0.386 e. The van der Waals surface area contributed by atoms with Gasteiger partial charge in [-0.2, -0.15) is 0 Å². The zero-order valence-corrected chi connectivity index (χ0v) is 9.90. The molecular formula is C12H18N2O2. The lowest BCUT2D eigenvalue weighted by molar-refractivity contribution is -0.118. The molecule has 0 aliphatic carbocycles. The highest BCUT2D eigenvalue weighted by molar-refractivity contribution is 5.91. The molecule has 1 rings (SSSR count). The molecule has 0 saturated heterocycles. The number of benzene rings is 1. The Morgan fingerprint density at radius 3 is 2.25 bits per heavy atom. The van der Waals surface area contributed by atoms with Gasteiger partial charge in [-0.3, -0.25) is 4.79 Å². The zero-order chi connectivity index (χ0) is 12.3. The van der Waals surface area contributed by atoms with E-state index in [0.717, 1.165) is 10.6 Å². The Bertz CT molecular complexity index is 366. The summed E-state index contributed by atoms with van der Waals surface area (Å²) in [7, 11) is 0. The topological polar surface area (TPSA) is 66.6 Å². The van der Waals surface area contributed by atoms with Crippen LogP contribution in [0.15, 0.2) is 24.3 Å². The molecule has 1 aromatic carbocycles. The molecule has 0 bridgehead atoms. The average Bonchev–Trinajstić information content (AvgIpc) is 2.26. The molecule has 0 atom stereocenters. The minimum Gasteiger partial charge on any atom is -0.386 e. The van der Waals surface area contributed by atoms with Crippen LogP contribution in [0.3, 0.4) is 0 Å². The van der Waals surface area contributed by atoms with E-state index in [4.69, 9.17) is 5.84 Å². The van der Waals surface area contributed by atoms with Crippen molar-refractivity contribution in [1.29, 1.82) is 0 Å². The lowest BCUT2D eigenvalue weighted by atomic mass is 9.98. The second kappa shape index (κ2) is 4.63. The van der Waals surface area contributed by atoms with Crippen molar-refractivity contribution in [2.45, 2.75) is 32.8 Å². The predicted octanol–water partition coefficient (Wildman–Crippen LogP) is 1.53. The number of amides is 1. The number of hydrogen-bond acceptors (Lipinski definition) is 3. The van der Waals surface area contributed by atoms with Crippen LogP contribution in [0.2, 0.25) is 0 Å². The maximum absolute atomic E-state index is 11.3. The van der Waals surface area contributed by atoms with Crippen LogP contribution in [0.25, 0.3) is 0 Å². The van der Waals surface area contributed by atoms with Crippen molar-refractivity contribution < 1.29 is 9.90 Å². The Hall–Kier alpha value is -1.39. The average molecular weight is 222 g/mol. The van der Waals surface area contributed by atoms with Crippen molar-refractivity contribution >= 4 is 11.6 Å². The summed E-state index contributed by atoms with van der Waals surface area (Å²) in [5, 5.41) is 10.9. The van der Waals surface area contributed by atoms with Crippen LogP contribution in [0, 0.1) is 0 Å². The molecule has 0 heterocycles. The number of nitrogens with zero attached hydrogens (tertiary/aromatic N) is 1. The summed E-state index contributed by atoms with van der Waals surface area (Å²) < 4.78 is 0. The second-order valence-electron chi connectivity index (χ2n) is 4.22. The summed E-state index contributed by atoms with van der Waals surface area (Å²) in [5.74, 6) is 5.49. The summed E-state index contributed by atoms with van der Waals surface area (Å²) in [5.41, 5.74) is 0.528. The number of carbonyl (C=O) groups excluding carboxylic acids is 1. The Labute approximate surface area is 95.6 Å². The van der Waals surface area contributed by atoms with E-state index in [1.165, 1.54) is 0 Å². The van der Waals surface area contributed by atoms with Gasteiger partial charge in [0, 0.05) is 6.42 Å². The molecule has 0 aromatic heterocycles. The summed E-state index contributed by atoms with van der Waals surface area (Å²) >= 11 is 0. The van der Waals surface area contributed by atoms with Crippen LogP contribution < -0.4 is 10.9 Å². The van der Waals surface area contributed by atoms with Gasteiger partial charge >= 0.3 is 0 Å². The van der Waals surface area contributed by atoms with Gasteiger partial charge in [0.2, 0.25) is 5.91 Å². The van der Waals surface area contributed by atoms with E-state index in [-0.39, 0.29) is 5.91 Å². The van der Waals surface area contributed by atoms with Crippen molar-refractivity contribution in [3.8, 4) is 0 Å². The maximum atomic E-state index is 11.3. The first-order chi connectivity index (χ1) is 7.36. The second-order valence-corrected chi connectivity index (χ2v) is 4.22. The van der Waals surface area contributed by atoms with Gasteiger partial charge in [0.1, 0.15) is 0 Å². The highest BCUT2D eigenvalue weighted by Gasteiger charge is 2.16. The molecule has 4 heteroatoms. The van der Waals surface area contributed by atoms with Crippen molar-refractivity contribution in [2.24, 2.45) is 5.84 Å². The van der Waals surface area contributed by atoms with E-state index in [1.807, 2.05) is 0 Å². The van der Waals surface area contributed by atoms with Gasteiger partial charge in [-0.1, -0.05) is 19.1 Å². The van der Waals surface area contributed by atoms with Crippen LogP contribution in [0.4, 0.5) is 5.69 Å². The molecule has 3 N–H and O–H groups in total. The smallest absolute Gasteiger partial charge is 0.240 e. The number of nitrogens with two attached hydrogens (primary N) is 1. The lowest BCUT2D eigenvalue weighted by Gasteiger charge is -2.20. The fourth-order valence-electron chi connectivity index (χ4n) is 1.34. The number of hydrazine groups is 1. The summed E-state index contributed by atoms with van der Waals surface area (Å²) in [4.78, 5) is 11.3. The summed E-state index contributed by atoms with van der Waals surface area (Å²) in [6.45, 7) is 5.17. The molecule has 0 unspecified atom stereocenters. The summed E-state index contributed by atoms with van der Waals surface area (Å²) in [6.07, 6.45) is 0.365. The van der Waals surface area contributed by atoms with Crippen LogP contribution in [-0.4, -0.2) is 11.0 Å². The monoisotopic (exact) mass is 222 g/mol. The Morgan fingerprint density at radius 1 is 1.38 bits per heavy atom. The van der Waals surface area contributed by atoms with Crippen molar-refractivity contribution in [2.75, 3.05) is 5.01 Å². The fourth-order valence-corrected chi connectivity index (χ4v) is 1.34. The quantitative estimate of drug-likeness (QED) is 0.463. The van der Waals surface area contributed by atoms with Gasteiger partial charge < -0.3 is 5.11 Å². The molecule has 0 aliphatic heterocycles. The van der Waals surface area contributed by atoms with E-state index in [1.54, 1.807) is 45.0 Å². The van der Waals surface area contributed by atoms with Gasteiger partial charge in [-0.25, -0.2) is 10.9 Å². The summed E-state index contributed by atoms with van der Waals surface area (Å²) in [6, 6.07) is 6.97. The van der Waals surface area contributed by atoms with E-state index in [2.05, 4.69) is 0 Å². The van der Waals surface area contributed by atoms with Crippen LogP contribution in [0.5, 0.6) is 0 Å². The Morgan fingerprint density at radius 2 is 1.88 bits per heavy atom. The molecule has 0 saturated carbocycles. The van der Waals surface area contributed by atoms with Crippen LogP contribution in [0.1, 0.15) is 32.8 Å². The van der Waals surface area contributed by atoms with Crippen LogP contribution >= 0.6 is 0 Å². The van der Waals surface area contributed by atoms with Gasteiger partial charge in [-0.05, 0) is 31.5 Å². The highest BCUT2D eigenvalue weighted by Crippen LogP contribution is 2.22. The molecule has 16 heavy (non-hydrogen) atoms. The molecule has 0 fully saturated rings. The van der Waals surface area contributed by atoms with E-state index < -0.39 is 5.60 Å². The number of hydrogen-bond donors (Lipinski definition) is 2. The molecule has 4 nitrogen and oxygen atoms in total. The molecule has 0 radical (unpaired) electrons. The number of aliphatic hydroxyl groups is 1. The van der Waals surface area contributed by atoms with E-state index in [9.17, 15) is 9.90 Å². The standard InChI is InChI=1S/C12H18N2O2/c1-4-11(15)14(13)10-7-5-9(6-8-10)12(2,3)16/h5-8,16H,4,13H2,1-3H3. The van der Waals surface area contributed by atoms with Crippen molar-refractivity contribution in [1.82, 2.24) is 0 Å². The third-order valence-electron chi connectivity index (χ3n) is 2.42. The fraction of sp³-hybridized carbons (Fsp3) is 0.417. The predicted molar refractivity (Wildman–Crippen MR) is 63.7 cm³/mol. The third-order valence-corrected chi connectivity index (χ3v) is 2.42. The first kappa shape index (κ1) is 12.7. The lowest BCUT2D eigenvalue weighted by Crippen LogP contribution is -2.36. The van der Waals surface area contributed by atoms with E-state index in [0.29, 0.717) is 12.1 Å². The van der Waals surface area contributed by atoms with Crippen molar-refractivity contribution in [3.05, 3.63) is 29.8 Å². The third kappa shape index (κ3) is 2.81. The Balaban J connectivity index is 2.91. The first-order valence-corrected chi connectivity index (χ1v) is 5.27. The molecule has 0 aliphatic rings. The number of anilines is 1. The van der Waals surface area contributed by atoms with E-state index >= 15 is 0 Å². The minimum absolute atomic E-state index is 0.143. The number of carbonyl (C=O) groups is 1. The molecule has 1 aromatic rings. The molecule has 88 valence electrons. The van der Waals surface area contributed by atoms with Crippen molar-refractivity contribution in [3.63, 3.8) is 0 Å². The SMILES string of the molecule is CCC(=O)N(N)c1ccc(C(C)(C)O)cc1. The van der Waals surface area contributed by atoms with Gasteiger partial charge in [0.25, 0.3) is 0 Å². The van der Waals surface area contributed by atoms with Gasteiger partial charge in [-0.15, -0.1) is 0 Å². The molecular weight excluding hydrogens is 204 g/mol. The molecule has 1 amide bonds. The van der Waals surface area contributed by atoms with Gasteiger partial charge in [0.15, 0.2) is 0 Å². The molecule has 0 spiro atoms. The zero-order valence-electron chi connectivity index (χ0n) is 9.90. The van der Waals surface area contributed by atoms with Crippen LogP contribution in [-0.2, 0) is 10.4 Å². The first-order valence-electron chi connectivity index (χ1n) is 5.27. The Kier molecular flexibility index (Phi) is 3.67. The minimum atomic E-state index is -0.882. The highest BCUT2D eigenvalue weighted by atomic mass is 16.3. The maximum Gasteiger partial charge on any atom is 0.240 e. The number of rotatable bonds is 3.